The van der Waals surface area contributed by atoms with Crippen LogP contribution in [0.1, 0.15) is 27.2 Å². The van der Waals surface area contributed by atoms with E-state index in [-0.39, 0.29) is 23.0 Å². The molecule has 1 rings (SSSR count). The van der Waals surface area contributed by atoms with Gasteiger partial charge in [0.1, 0.15) is 4.90 Å². The van der Waals surface area contributed by atoms with Gasteiger partial charge in [-0.2, -0.15) is 0 Å². The number of aliphatic hydroxyl groups is 1. The Morgan fingerprint density at radius 1 is 1.45 bits per heavy atom. The monoisotopic (exact) mass is 364 g/mol. The molecule has 0 aliphatic heterocycles. The summed E-state index contributed by atoms with van der Waals surface area (Å²) in [7, 11) is -3.73. The number of benzene rings is 1. The van der Waals surface area contributed by atoms with Gasteiger partial charge in [-0.15, -0.1) is 0 Å². The Kier molecular flexibility index (Phi) is 5.60. The van der Waals surface area contributed by atoms with Crippen LogP contribution >= 0.6 is 15.9 Å². The van der Waals surface area contributed by atoms with E-state index in [9.17, 15) is 13.5 Å². The van der Waals surface area contributed by atoms with Gasteiger partial charge >= 0.3 is 0 Å². The molecular formula is C13H21BrN2O3S. The molecule has 1 atom stereocenters. The predicted octanol–water partition coefficient (Wildman–Crippen LogP) is 2.11. The first-order valence-corrected chi connectivity index (χ1v) is 8.58. The van der Waals surface area contributed by atoms with Gasteiger partial charge < -0.3 is 10.8 Å². The van der Waals surface area contributed by atoms with Crippen molar-refractivity contribution < 1.29 is 13.5 Å². The molecule has 0 radical (unpaired) electrons. The van der Waals surface area contributed by atoms with E-state index in [2.05, 4.69) is 20.7 Å². The minimum absolute atomic E-state index is 0.0149. The summed E-state index contributed by atoms with van der Waals surface area (Å²) in [5.41, 5.74) is 4.79. The van der Waals surface area contributed by atoms with Gasteiger partial charge in [0.15, 0.2) is 0 Å². The Labute approximate surface area is 128 Å². The van der Waals surface area contributed by atoms with Crippen molar-refractivity contribution in [2.75, 3.05) is 12.3 Å². The van der Waals surface area contributed by atoms with E-state index in [1.165, 1.54) is 12.1 Å². The molecule has 1 aromatic rings. The number of hydrogen-bond donors (Lipinski definition) is 3. The van der Waals surface area contributed by atoms with Crippen molar-refractivity contribution >= 4 is 31.6 Å². The molecule has 4 N–H and O–H groups in total. The van der Waals surface area contributed by atoms with Crippen LogP contribution in [0.25, 0.3) is 0 Å². The number of nitrogens with two attached hydrogens (primary N) is 1. The molecule has 7 heteroatoms. The zero-order valence-electron chi connectivity index (χ0n) is 11.9. The van der Waals surface area contributed by atoms with Crippen LogP contribution in [-0.4, -0.2) is 25.7 Å². The molecule has 0 aliphatic rings. The predicted molar refractivity (Wildman–Crippen MR) is 83.8 cm³/mol. The largest absolute Gasteiger partial charge is 0.398 e. The van der Waals surface area contributed by atoms with E-state index < -0.39 is 15.6 Å². The van der Waals surface area contributed by atoms with E-state index in [4.69, 9.17) is 5.73 Å². The van der Waals surface area contributed by atoms with Gasteiger partial charge in [0.2, 0.25) is 10.0 Å². The fourth-order valence-corrected chi connectivity index (χ4v) is 3.70. The number of anilines is 1. The van der Waals surface area contributed by atoms with E-state index in [0.717, 1.165) is 0 Å². The van der Waals surface area contributed by atoms with Crippen LogP contribution in [-0.2, 0) is 10.0 Å². The first kappa shape index (κ1) is 17.4. The summed E-state index contributed by atoms with van der Waals surface area (Å²) in [5.74, 6) is 0.271. The second-order valence-electron chi connectivity index (χ2n) is 5.60. The summed E-state index contributed by atoms with van der Waals surface area (Å²) in [6, 6.07) is 4.57. The molecule has 0 spiro atoms. The van der Waals surface area contributed by atoms with Crippen LogP contribution in [0.15, 0.2) is 27.6 Å². The highest BCUT2D eigenvalue weighted by atomic mass is 79.9. The van der Waals surface area contributed by atoms with Gasteiger partial charge in [-0.1, -0.05) is 29.8 Å². The second kappa shape index (κ2) is 6.43. The first-order valence-electron chi connectivity index (χ1n) is 6.30. The molecule has 0 heterocycles. The lowest BCUT2D eigenvalue weighted by molar-refractivity contribution is 0.0437. The SMILES string of the molecule is CC(C)CC(C)(O)CNS(=O)(=O)c1ccc(Br)cc1N. The minimum Gasteiger partial charge on any atom is -0.398 e. The van der Waals surface area contributed by atoms with Crippen molar-refractivity contribution in [3.05, 3.63) is 22.7 Å². The van der Waals surface area contributed by atoms with Crippen LogP contribution in [0.3, 0.4) is 0 Å². The van der Waals surface area contributed by atoms with Crippen molar-refractivity contribution in [3.8, 4) is 0 Å². The lowest BCUT2D eigenvalue weighted by Gasteiger charge is -2.25. The average molecular weight is 365 g/mol. The fourth-order valence-electron chi connectivity index (χ4n) is 2.04. The van der Waals surface area contributed by atoms with Gasteiger partial charge in [-0.3, -0.25) is 0 Å². The van der Waals surface area contributed by atoms with E-state index in [0.29, 0.717) is 10.9 Å². The molecule has 0 bridgehead atoms. The fraction of sp³-hybridized carbons (Fsp3) is 0.538. The topological polar surface area (TPSA) is 92.4 Å². The summed E-state index contributed by atoms with van der Waals surface area (Å²) < 4.78 is 27.5. The smallest absolute Gasteiger partial charge is 0.242 e. The number of sulfonamides is 1. The molecule has 1 aromatic carbocycles. The lowest BCUT2D eigenvalue weighted by atomic mass is 9.95. The average Bonchev–Trinajstić information content (AvgIpc) is 2.24. The van der Waals surface area contributed by atoms with Gasteiger partial charge in [0.25, 0.3) is 0 Å². The Balaban J connectivity index is 2.85. The third-order valence-electron chi connectivity index (χ3n) is 2.75. The minimum atomic E-state index is -3.73. The highest BCUT2D eigenvalue weighted by Crippen LogP contribution is 2.23. The summed E-state index contributed by atoms with van der Waals surface area (Å²) in [5, 5.41) is 10.1. The van der Waals surface area contributed by atoms with Crippen LogP contribution in [0.4, 0.5) is 5.69 Å². The van der Waals surface area contributed by atoms with Crippen molar-refractivity contribution in [1.29, 1.82) is 0 Å². The molecular weight excluding hydrogens is 344 g/mol. The quantitative estimate of drug-likeness (QED) is 0.674. The van der Waals surface area contributed by atoms with Crippen LogP contribution < -0.4 is 10.5 Å². The third-order valence-corrected chi connectivity index (χ3v) is 4.72. The highest BCUT2D eigenvalue weighted by molar-refractivity contribution is 9.10. The molecule has 0 saturated carbocycles. The van der Waals surface area contributed by atoms with Crippen LogP contribution in [0.5, 0.6) is 0 Å². The molecule has 0 fully saturated rings. The molecule has 114 valence electrons. The number of halogens is 1. The normalized spacial score (nSPS) is 15.3. The number of nitrogens with one attached hydrogen (secondary N) is 1. The van der Waals surface area contributed by atoms with E-state index in [1.54, 1.807) is 13.0 Å². The van der Waals surface area contributed by atoms with Crippen molar-refractivity contribution in [2.24, 2.45) is 5.92 Å². The summed E-state index contributed by atoms with van der Waals surface area (Å²) >= 11 is 3.23. The van der Waals surface area contributed by atoms with Crippen LogP contribution in [0, 0.1) is 5.92 Å². The van der Waals surface area contributed by atoms with Gasteiger partial charge in [-0.05, 0) is 37.5 Å². The standard InChI is InChI=1S/C13H21BrN2O3S/c1-9(2)7-13(3,17)8-16-20(18,19)12-5-4-10(14)6-11(12)15/h4-6,9,16-17H,7-8,15H2,1-3H3. The number of nitrogen functional groups attached to an aromatic ring is 1. The third kappa shape index (κ3) is 5.05. The summed E-state index contributed by atoms with van der Waals surface area (Å²) in [6.07, 6.45) is 0.505. The summed E-state index contributed by atoms with van der Waals surface area (Å²) in [4.78, 5) is 0.0149. The highest BCUT2D eigenvalue weighted by Gasteiger charge is 2.26. The zero-order chi connectivity index (χ0) is 15.6. The zero-order valence-corrected chi connectivity index (χ0v) is 14.3. The molecule has 0 saturated heterocycles. The molecule has 20 heavy (non-hydrogen) atoms. The van der Waals surface area contributed by atoms with Crippen molar-refractivity contribution in [2.45, 2.75) is 37.7 Å². The van der Waals surface area contributed by atoms with Gasteiger partial charge in [-0.25, -0.2) is 13.1 Å². The molecule has 1 unspecified atom stereocenters. The second-order valence-corrected chi connectivity index (χ2v) is 8.25. The summed E-state index contributed by atoms with van der Waals surface area (Å²) in [6.45, 7) is 5.49. The maximum absolute atomic E-state index is 12.2. The molecule has 5 nitrogen and oxygen atoms in total. The van der Waals surface area contributed by atoms with Gasteiger partial charge in [0.05, 0.1) is 11.3 Å². The molecule has 0 aliphatic carbocycles. The van der Waals surface area contributed by atoms with Crippen molar-refractivity contribution in [3.63, 3.8) is 0 Å². The van der Waals surface area contributed by atoms with E-state index >= 15 is 0 Å². The maximum atomic E-state index is 12.2. The Bertz CT molecular complexity index is 571. The first-order chi connectivity index (χ1) is 9.03. The number of rotatable bonds is 6. The number of hydrogen-bond acceptors (Lipinski definition) is 4. The van der Waals surface area contributed by atoms with Crippen molar-refractivity contribution in [1.82, 2.24) is 4.72 Å². The molecule has 0 amide bonds. The van der Waals surface area contributed by atoms with E-state index in [1.807, 2.05) is 13.8 Å². The van der Waals surface area contributed by atoms with Gasteiger partial charge in [0, 0.05) is 11.0 Å². The lowest BCUT2D eigenvalue weighted by Crippen LogP contribution is -2.41. The molecule has 0 aromatic heterocycles. The Morgan fingerprint density at radius 2 is 2.05 bits per heavy atom. The Morgan fingerprint density at radius 3 is 2.55 bits per heavy atom. The van der Waals surface area contributed by atoms with Crippen LogP contribution in [0.2, 0.25) is 0 Å². The Hall–Kier alpha value is -0.630. The maximum Gasteiger partial charge on any atom is 0.242 e.